The fraction of sp³-hybridized carbons (Fsp3) is 0.400. The van der Waals surface area contributed by atoms with Gasteiger partial charge in [-0.25, -0.2) is 4.68 Å². The Bertz CT molecular complexity index is 706. The Balaban J connectivity index is 1.47. The van der Waals surface area contributed by atoms with Crippen LogP contribution < -0.4 is 10.1 Å². The molecule has 0 saturated carbocycles. The van der Waals surface area contributed by atoms with Gasteiger partial charge in [-0.2, -0.15) is 5.10 Å². The first kappa shape index (κ1) is 18.2. The van der Waals surface area contributed by atoms with Gasteiger partial charge in [0.05, 0.1) is 25.3 Å². The molecule has 0 spiro atoms. The van der Waals surface area contributed by atoms with Crippen LogP contribution in [0.1, 0.15) is 25.3 Å². The van der Waals surface area contributed by atoms with Crippen LogP contribution in [0.3, 0.4) is 0 Å². The monoisotopic (exact) mass is 354 g/mol. The van der Waals surface area contributed by atoms with Crippen LogP contribution in [0.5, 0.6) is 5.75 Å². The summed E-state index contributed by atoms with van der Waals surface area (Å²) in [5.74, 6) is 1.47. The molecule has 1 aromatic carbocycles. The number of benzene rings is 1. The first-order valence-electron chi connectivity index (χ1n) is 9.10. The molecule has 138 valence electrons. The lowest BCUT2D eigenvalue weighted by atomic mass is 10.1. The fourth-order valence-corrected chi connectivity index (χ4v) is 3.22. The average Bonchev–Trinajstić information content (AvgIpc) is 3.11. The highest BCUT2D eigenvalue weighted by atomic mass is 16.5. The second-order valence-electron chi connectivity index (χ2n) is 6.44. The quantitative estimate of drug-likeness (QED) is 0.740. The van der Waals surface area contributed by atoms with Gasteiger partial charge in [0, 0.05) is 25.7 Å². The molecule has 1 N–H and O–H groups in total. The number of carbonyl (C=O) groups is 1. The summed E-state index contributed by atoms with van der Waals surface area (Å²) in [5, 5.41) is 7.39. The molecule has 1 aliphatic rings. The zero-order chi connectivity index (χ0) is 18.2. The molecule has 0 aliphatic carbocycles. The van der Waals surface area contributed by atoms with Crippen LogP contribution in [0, 0.1) is 0 Å². The Kier molecular flexibility index (Phi) is 6.44. The molecule has 6 nitrogen and oxygen atoms in total. The lowest BCUT2D eigenvalue weighted by molar-refractivity contribution is -0.116. The molecule has 1 aliphatic heterocycles. The minimum Gasteiger partial charge on any atom is -0.493 e. The van der Waals surface area contributed by atoms with Gasteiger partial charge < -0.3 is 10.1 Å². The lowest BCUT2D eigenvalue weighted by Gasteiger charge is -2.31. The fourth-order valence-electron chi connectivity index (χ4n) is 3.22. The largest absolute Gasteiger partial charge is 0.493 e. The SMILES string of the molecule is C=CCN1CCC(n2nccc2NC(=O)CCOc2ccccc2)CC1. The van der Waals surface area contributed by atoms with Crippen LogP contribution in [0.15, 0.2) is 55.3 Å². The van der Waals surface area contributed by atoms with Crippen LogP contribution >= 0.6 is 0 Å². The molecule has 0 atom stereocenters. The standard InChI is InChI=1S/C20H26N4O2/c1-2-13-23-14-9-17(10-15-23)24-19(8-12-21-24)22-20(25)11-16-26-18-6-4-3-5-7-18/h2-8,12,17H,1,9-11,13-16H2,(H,22,25). The van der Waals surface area contributed by atoms with Gasteiger partial charge in [0.15, 0.2) is 0 Å². The van der Waals surface area contributed by atoms with E-state index in [0.29, 0.717) is 19.1 Å². The molecule has 0 unspecified atom stereocenters. The Morgan fingerprint density at radius 3 is 2.77 bits per heavy atom. The highest BCUT2D eigenvalue weighted by molar-refractivity contribution is 5.89. The minimum absolute atomic E-state index is 0.0632. The molecule has 2 heterocycles. The summed E-state index contributed by atoms with van der Waals surface area (Å²) in [4.78, 5) is 14.6. The Morgan fingerprint density at radius 2 is 2.04 bits per heavy atom. The van der Waals surface area contributed by atoms with Crippen molar-refractivity contribution in [1.29, 1.82) is 0 Å². The van der Waals surface area contributed by atoms with Gasteiger partial charge in [0.25, 0.3) is 0 Å². The third-order valence-electron chi connectivity index (χ3n) is 4.57. The molecule has 1 fully saturated rings. The maximum atomic E-state index is 12.2. The van der Waals surface area contributed by atoms with Crippen LogP contribution in [0.2, 0.25) is 0 Å². The number of aromatic nitrogens is 2. The number of hydrogen-bond donors (Lipinski definition) is 1. The van der Waals surface area contributed by atoms with E-state index in [1.165, 1.54) is 0 Å². The summed E-state index contributed by atoms with van der Waals surface area (Å²) in [5.41, 5.74) is 0. The van der Waals surface area contributed by atoms with E-state index in [4.69, 9.17) is 4.74 Å². The average molecular weight is 354 g/mol. The van der Waals surface area contributed by atoms with Crippen LogP contribution in [0.25, 0.3) is 0 Å². The predicted molar refractivity (Wildman–Crippen MR) is 102 cm³/mol. The second-order valence-corrected chi connectivity index (χ2v) is 6.44. The van der Waals surface area contributed by atoms with E-state index in [1.54, 1.807) is 6.20 Å². The van der Waals surface area contributed by atoms with Crippen molar-refractivity contribution >= 4 is 11.7 Å². The van der Waals surface area contributed by atoms with E-state index < -0.39 is 0 Å². The maximum absolute atomic E-state index is 12.2. The second kappa shape index (κ2) is 9.20. The third-order valence-corrected chi connectivity index (χ3v) is 4.57. The van der Waals surface area contributed by atoms with E-state index in [0.717, 1.165) is 44.0 Å². The molecule has 0 bridgehead atoms. The molecule has 1 aromatic heterocycles. The molecular formula is C20H26N4O2. The Hall–Kier alpha value is -2.60. The maximum Gasteiger partial charge on any atom is 0.228 e. The number of nitrogens with one attached hydrogen (secondary N) is 1. The third kappa shape index (κ3) is 4.95. The van der Waals surface area contributed by atoms with E-state index in [-0.39, 0.29) is 5.91 Å². The van der Waals surface area contributed by atoms with E-state index in [1.807, 2.05) is 47.2 Å². The van der Waals surface area contributed by atoms with Crippen molar-refractivity contribution in [3.63, 3.8) is 0 Å². The first-order chi connectivity index (χ1) is 12.8. The molecule has 0 radical (unpaired) electrons. The molecular weight excluding hydrogens is 328 g/mol. The highest BCUT2D eigenvalue weighted by Crippen LogP contribution is 2.25. The van der Waals surface area contributed by atoms with Gasteiger partial charge in [-0.05, 0) is 25.0 Å². The van der Waals surface area contributed by atoms with Gasteiger partial charge >= 0.3 is 0 Å². The van der Waals surface area contributed by atoms with Gasteiger partial charge in [-0.1, -0.05) is 24.3 Å². The van der Waals surface area contributed by atoms with Crippen LogP contribution in [-0.4, -0.2) is 46.8 Å². The number of nitrogens with zero attached hydrogens (tertiary/aromatic N) is 3. The van der Waals surface area contributed by atoms with Gasteiger partial charge in [-0.15, -0.1) is 6.58 Å². The van der Waals surface area contributed by atoms with Crippen molar-refractivity contribution in [2.45, 2.75) is 25.3 Å². The van der Waals surface area contributed by atoms with Crippen LogP contribution in [0.4, 0.5) is 5.82 Å². The number of anilines is 1. The van der Waals surface area contributed by atoms with Crippen molar-refractivity contribution in [3.05, 3.63) is 55.3 Å². The molecule has 3 rings (SSSR count). The summed E-state index contributed by atoms with van der Waals surface area (Å²) in [7, 11) is 0. The van der Waals surface area contributed by atoms with E-state index >= 15 is 0 Å². The summed E-state index contributed by atoms with van der Waals surface area (Å²) < 4.78 is 7.53. The number of hydrogen-bond acceptors (Lipinski definition) is 4. The highest BCUT2D eigenvalue weighted by Gasteiger charge is 2.22. The molecule has 1 amide bonds. The Labute approximate surface area is 154 Å². The summed E-state index contributed by atoms with van der Waals surface area (Å²) in [6.07, 6.45) is 6.03. The lowest BCUT2D eigenvalue weighted by Crippen LogP contribution is -2.35. The summed E-state index contributed by atoms with van der Waals surface area (Å²) in [6, 6.07) is 11.7. The van der Waals surface area contributed by atoms with Crippen LogP contribution in [-0.2, 0) is 4.79 Å². The van der Waals surface area contributed by atoms with E-state index in [2.05, 4.69) is 21.9 Å². The zero-order valence-electron chi connectivity index (χ0n) is 15.0. The van der Waals surface area contributed by atoms with Crippen molar-refractivity contribution < 1.29 is 9.53 Å². The Morgan fingerprint density at radius 1 is 1.27 bits per heavy atom. The summed E-state index contributed by atoms with van der Waals surface area (Å²) in [6.45, 7) is 7.12. The van der Waals surface area contributed by atoms with Crippen molar-refractivity contribution in [3.8, 4) is 5.75 Å². The van der Waals surface area contributed by atoms with Gasteiger partial charge in [0.1, 0.15) is 11.6 Å². The predicted octanol–water partition coefficient (Wildman–Crippen LogP) is 3.11. The number of piperidine rings is 1. The number of ether oxygens (including phenoxy) is 1. The minimum atomic E-state index is -0.0632. The van der Waals surface area contributed by atoms with Gasteiger partial charge in [-0.3, -0.25) is 9.69 Å². The number of carbonyl (C=O) groups excluding carboxylic acids is 1. The van der Waals surface area contributed by atoms with E-state index in [9.17, 15) is 4.79 Å². The van der Waals surface area contributed by atoms with Gasteiger partial charge in [0.2, 0.25) is 5.91 Å². The molecule has 6 heteroatoms. The first-order valence-corrected chi connectivity index (χ1v) is 9.10. The zero-order valence-corrected chi connectivity index (χ0v) is 15.0. The van der Waals surface area contributed by atoms with Crippen molar-refractivity contribution in [2.75, 3.05) is 31.6 Å². The normalized spacial score (nSPS) is 15.5. The van der Waals surface area contributed by atoms with Crippen molar-refractivity contribution in [1.82, 2.24) is 14.7 Å². The van der Waals surface area contributed by atoms with Crippen molar-refractivity contribution in [2.24, 2.45) is 0 Å². The topological polar surface area (TPSA) is 59.4 Å². The molecule has 2 aromatic rings. The molecule has 26 heavy (non-hydrogen) atoms. The number of rotatable bonds is 8. The summed E-state index contributed by atoms with van der Waals surface area (Å²) >= 11 is 0. The smallest absolute Gasteiger partial charge is 0.228 e. The number of para-hydroxylation sites is 1. The number of amides is 1. The molecule has 1 saturated heterocycles. The number of likely N-dealkylation sites (tertiary alicyclic amines) is 1.